The molecule has 2 rings (SSSR count). The van der Waals surface area contributed by atoms with Crippen LogP contribution in [0.15, 0.2) is 18.3 Å². The van der Waals surface area contributed by atoms with Gasteiger partial charge < -0.3 is 16.0 Å². The van der Waals surface area contributed by atoms with E-state index in [9.17, 15) is 9.59 Å². The highest BCUT2D eigenvalue weighted by Gasteiger charge is 2.33. The van der Waals surface area contributed by atoms with Gasteiger partial charge >= 0.3 is 0 Å². The average Bonchev–Trinajstić information content (AvgIpc) is 2.81. The number of carbonyl (C=O) groups is 2. The van der Waals surface area contributed by atoms with E-state index in [1.54, 1.807) is 18.3 Å². The van der Waals surface area contributed by atoms with E-state index in [2.05, 4.69) is 10.3 Å². The normalized spacial score (nSPS) is 21.8. The van der Waals surface area contributed by atoms with Crippen molar-refractivity contribution in [2.24, 2.45) is 17.6 Å². The minimum atomic E-state index is -0.265. The van der Waals surface area contributed by atoms with Crippen LogP contribution in [0, 0.1) is 11.8 Å². The van der Waals surface area contributed by atoms with Crippen molar-refractivity contribution in [1.29, 1.82) is 0 Å². The van der Waals surface area contributed by atoms with Crippen molar-refractivity contribution >= 4 is 17.6 Å². The van der Waals surface area contributed by atoms with Crippen molar-refractivity contribution < 1.29 is 9.59 Å². The molecule has 1 fully saturated rings. The molecule has 108 valence electrons. The Morgan fingerprint density at radius 3 is 2.70 bits per heavy atom. The third-order valence-electron chi connectivity index (χ3n) is 3.65. The summed E-state index contributed by atoms with van der Waals surface area (Å²) in [7, 11) is 0. The summed E-state index contributed by atoms with van der Waals surface area (Å²) in [5.74, 6) is 0.459. The highest BCUT2D eigenvalue weighted by Crippen LogP contribution is 2.26. The highest BCUT2D eigenvalue weighted by atomic mass is 16.2. The molecule has 20 heavy (non-hydrogen) atoms. The van der Waals surface area contributed by atoms with E-state index in [0.29, 0.717) is 18.7 Å². The second-order valence-electron chi connectivity index (χ2n) is 5.16. The third kappa shape index (κ3) is 2.89. The van der Waals surface area contributed by atoms with Crippen LogP contribution in [-0.4, -0.2) is 36.4 Å². The number of hydrogen-bond acceptors (Lipinski definition) is 4. The van der Waals surface area contributed by atoms with Gasteiger partial charge in [-0.15, -0.1) is 0 Å². The average molecular weight is 276 g/mol. The number of nitrogens with one attached hydrogen (secondary N) is 1. The Bertz CT molecular complexity index is 500. The third-order valence-corrected chi connectivity index (χ3v) is 3.65. The maximum Gasteiger partial charge on any atom is 0.252 e. The molecule has 1 aliphatic heterocycles. The predicted molar refractivity (Wildman–Crippen MR) is 76.3 cm³/mol. The molecule has 3 N–H and O–H groups in total. The van der Waals surface area contributed by atoms with Crippen LogP contribution in [-0.2, 0) is 4.79 Å². The molecule has 1 saturated heterocycles. The van der Waals surface area contributed by atoms with Crippen molar-refractivity contribution in [3.05, 3.63) is 23.9 Å². The lowest BCUT2D eigenvalue weighted by Crippen LogP contribution is -2.29. The molecule has 0 bridgehead atoms. The number of pyridine rings is 1. The van der Waals surface area contributed by atoms with Crippen molar-refractivity contribution in [3.63, 3.8) is 0 Å². The van der Waals surface area contributed by atoms with E-state index >= 15 is 0 Å². The molecule has 0 aromatic carbocycles. The molecular formula is C14H20N4O2. The van der Waals surface area contributed by atoms with Crippen molar-refractivity contribution in [2.45, 2.75) is 13.8 Å². The van der Waals surface area contributed by atoms with E-state index in [1.807, 2.05) is 18.7 Å². The fourth-order valence-electron chi connectivity index (χ4n) is 2.49. The minimum Gasteiger partial charge on any atom is -0.369 e. The molecule has 2 heterocycles. The summed E-state index contributed by atoms with van der Waals surface area (Å²) in [5.41, 5.74) is 5.92. The second-order valence-corrected chi connectivity index (χ2v) is 5.16. The molecule has 0 unspecified atom stereocenters. The summed E-state index contributed by atoms with van der Waals surface area (Å²) in [5, 5.41) is 2.73. The lowest BCUT2D eigenvalue weighted by molar-refractivity contribution is -0.122. The van der Waals surface area contributed by atoms with Crippen LogP contribution < -0.4 is 16.0 Å². The molecule has 1 aromatic heterocycles. The molecule has 1 aliphatic rings. The van der Waals surface area contributed by atoms with E-state index < -0.39 is 0 Å². The quantitative estimate of drug-likeness (QED) is 0.832. The largest absolute Gasteiger partial charge is 0.369 e. The molecule has 2 atom stereocenters. The predicted octanol–water partition coefficient (Wildman–Crippen LogP) is 0.389. The molecule has 6 nitrogen and oxygen atoms in total. The number of carbonyl (C=O) groups excluding carboxylic acids is 2. The van der Waals surface area contributed by atoms with Gasteiger partial charge in [-0.1, -0.05) is 6.92 Å². The summed E-state index contributed by atoms with van der Waals surface area (Å²) in [6.45, 7) is 5.81. The number of aromatic nitrogens is 1. The Morgan fingerprint density at radius 2 is 2.20 bits per heavy atom. The van der Waals surface area contributed by atoms with Crippen molar-refractivity contribution in [1.82, 2.24) is 10.3 Å². The Balaban J connectivity index is 2.08. The van der Waals surface area contributed by atoms with Gasteiger partial charge in [-0.05, 0) is 25.0 Å². The summed E-state index contributed by atoms with van der Waals surface area (Å²) in [6, 6.07) is 3.55. The first kappa shape index (κ1) is 14.3. The maximum atomic E-state index is 11.6. The molecule has 0 radical (unpaired) electrons. The number of anilines is 1. The molecule has 1 aromatic rings. The molecular weight excluding hydrogens is 256 g/mol. The zero-order chi connectivity index (χ0) is 14.7. The molecule has 2 amide bonds. The van der Waals surface area contributed by atoms with Gasteiger partial charge in [0, 0.05) is 25.8 Å². The topological polar surface area (TPSA) is 88.3 Å². The molecule has 0 aliphatic carbocycles. The number of primary amides is 1. The van der Waals surface area contributed by atoms with E-state index in [-0.39, 0.29) is 23.7 Å². The molecule has 6 heteroatoms. The van der Waals surface area contributed by atoms with Gasteiger partial charge in [0.1, 0.15) is 5.82 Å². The number of nitrogens with zero attached hydrogens (tertiary/aromatic N) is 2. The molecule has 0 saturated carbocycles. The Morgan fingerprint density at radius 1 is 1.45 bits per heavy atom. The summed E-state index contributed by atoms with van der Waals surface area (Å²) in [6.07, 6.45) is 1.56. The summed E-state index contributed by atoms with van der Waals surface area (Å²) in [4.78, 5) is 29.3. The van der Waals surface area contributed by atoms with E-state index in [1.165, 1.54) is 0 Å². The number of hydrogen-bond donors (Lipinski definition) is 2. The zero-order valence-electron chi connectivity index (χ0n) is 11.8. The fraction of sp³-hybridized carbons (Fsp3) is 0.500. The number of nitrogens with two attached hydrogens (primary N) is 1. The van der Waals surface area contributed by atoms with Crippen LogP contribution in [0.3, 0.4) is 0 Å². The van der Waals surface area contributed by atoms with Crippen molar-refractivity contribution in [2.75, 3.05) is 24.5 Å². The van der Waals surface area contributed by atoms with Crippen LogP contribution in [0.1, 0.15) is 24.2 Å². The van der Waals surface area contributed by atoms with Crippen LogP contribution in [0.5, 0.6) is 0 Å². The van der Waals surface area contributed by atoms with Crippen LogP contribution >= 0.6 is 0 Å². The van der Waals surface area contributed by atoms with Gasteiger partial charge in [0.15, 0.2) is 0 Å². The smallest absolute Gasteiger partial charge is 0.252 e. The van der Waals surface area contributed by atoms with Gasteiger partial charge in [0.05, 0.1) is 11.5 Å². The fourth-order valence-corrected chi connectivity index (χ4v) is 2.49. The van der Waals surface area contributed by atoms with Gasteiger partial charge in [0.2, 0.25) is 5.91 Å². The Hall–Kier alpha value is -2.11. The minimum absolute atomic E-state index is 0.128. The lowest BCUT2D eigenvalue weighted by atomic mass is 9.98. The zero-order valence-corrected chi connectivity index (χ0v) is 11.8. The number of rotatable bonds is 4. The SMILES string of the molecule is CCNC(=O)c1ccc(N2C[C@@H](C)[C@H](C(N)=O)C2)nc1. The molecule has 0 spiro atoms. The maximum absolute atomic E-state index is 11.6. The van der Waals surface area contributed by atoms with Crippen LogP contribution in [0.25, 0.3) is 0 Å². The van der Waals surface area contributed by atoms with E-state index in [0.717, 1.165) is 12.4 Å². The highest BCUT2D eigenvalue weighted by molar-refractivity contribution is 5.94. The van der Waals surface area contributed by atoms with Crippen molar-refractivity contribution in [3.8, 4) is 0 Å². The first-order chi connectivity index (χ1) is 9.52. The first-order valence-electron chi connectivity index (χ1n) is 6.81. The number of amides is 2. The van der Waals surface area contributed by atoms with Gasteiger partial charge in [0.25, 0.3) is 5.91 Å². The van der Waals surface area contributed by atoms with E-state index in [4.69, 9.17) is 5.73 Å². The van der Waals surface area contributed by atoms with Crippen LogP contribution in [0.2, 0.25) is 0 Å². The summed E-state index contributed by atoms with van der Waals surface area (Å²) < 4.78 is 0. The monoisotopic (exact) mass is 276 g/mol. The Kier molecular flexibility index (Phi) is 4.22. The second kappa shape index (κ2) is 5.90. The first-order valence-corrected chi connectivity index (χ1v) is 6.81. The standard InChI is InChI=1S/C14H20N4O2/c1-3-16-14(20)10-4-5-12(17-6-10)18-7-9(2)11(8-18)13(15)19/h4-6,9,11H,3,7-8H2,1-2H3,(H2,15,19)(H,16,20)/t9-,11-/m1/s1. The van der Waals surface area contributed by atoms with Gasteiger partial charge in [-0.2, -0.15) is 0 Å². The lowest BCUT2D eigenvalue weighted by Gasteiger charge is -2.17. The summed E-state index contributed by atoms with van der Waals surface area (Å²) >= 11 is 0. The Labute approximate surface area is 118 Å². The van der Waals surface area contributed by atoms with Gasteiger partial charge in [-0.3, -0.25) is 9.59 Å². The van der Waals surface area contributed by atoms with Crippen LogP contribution in [0.4, 0.5) is 5.82 Å². The van der Waals surface area contributed by atoms with Gasteiger partial charge in [-0.25, -0.2) is 4.98 Å².